The van der Waals surface area contributed by atoms with Crippen LogP contribution in [0, 0.1) is 0 Å². The van der Waals surface area contributed by atoms with Gasteiger partial charge < -0.3 is 20.6 Å². The number of nitrogens with one attached hydrogen (secondary N) is 2. The first kappa shape index (κ1) is 27.4. The van der Waals surface area contributed by atoms with Crippen LogP contribution in [0.4, 0.5) is 0 Å². The van der Waals surface area contributed by atoms with Crippen LogP contribution in [0.25, 0.3) is 0 Å². The third kappa shape index (κ3) is 6.62. The normalized spacial score (nSPS) is 20.9. The molecule has 5 rings (SSSR count). The Morgan fingerprint density at radius 2 is 1.32 bits per heavy atom. The summed E-state index contributed by atoms with van der Waals surface area (Å²) in [5, 5.41) is 15.2. The molecule has 0 saturated carbocycles. The molecule has 2 amide bonds. The molecule has 2 aliphatic heterocycles. The Morgan fingerprint density at radius 1 is 0.842 bits per heavy atom. The van der Waals surface area contributed by atoms with E-state index in [-0.39, 0.29) is 23.6 Å². The lowest BCUT2D eigenvalue weighted by molar-refractivity contribution is -0.161. The predicted octanol–water partition coefficient (Wildman–Crippen LogP) is 3.84. The van der Waals surface area contributed by atoms with Gasteiger partial charge in [-0.1, -0.05) is 91.0 Å². The number of nitrogens with zero attached hydrogens (tertiary/aromatic N) is 1. The van der Waals surface area contributed by atoms with Gasteiger partial charge in [-0.3, -0.25) is 9.59 Å². The van der Waals surface area contributed by atoms with Gasteiger partial charge in [-0.15, -0.1) is 11.8 Å². The molecule has 0 spiro atoms. The monoisotopic (exact) mass is 531 g/mol. The fourth-order valence-electron chi connectivity index (χ4n) is 4.69. The molecule has 2 fully saturated rings. The Balaban J connectivity index is 0.000000194. The first-order valence-corrected chi connectivity index (χ1v) is 13.5. The molecule has 3 N–H and O–H groups in total. The first-order chi connectivity index (χ1) is 18.3. The largest absolute Gasteiger partial charge is 0.480 e. The number of fused-ring (bicyclic) bond motifs is 1. The molecule has 0 aliphatic carbocycles. The third-order valence-electron chi connectivity index (χ3n) is 6.54. The number of β-lactam (4-membered cyclic amide) rings is 1. The van der Waals surface area contributed by atoms with Crippen molar-refractivity contribution in [2.24, 2.45) is 0 Å². The molecular weight excluding hydrogens is 498 g/mol. The van der Waals surface area contributed by atoms with Crippen molar-refractivity contribution >= 4 is 29.5 Å². The Bertz CT molecular complexity index is 1200. The SMILES string of the molecule is CC1(C)S[C@@H]2[C@H](NC(=O)Cc3ccccc3)C(=O)N2[C@H]1C(=O)O.c1ccc(CNCc2ccccc2)cc1. The van der Waals surface area contributed by atoms with Crippen molar-refractivity contribution in [3.8, 4) is 0 Å². The highest BCUT2D eigenvalue weighted by Gasteiger charge is 2.64. The molecule has 3 aromatic carbocycles. The summed E-state index contributed by atoms with van der Waals surface area (Å²) in [5.74, 6) is -1.55. The molecule has 2 saturated heterocycles. The van der Waals surface area contributed by atoms with Gasteiger partial charge >= 0.3 is 5.97 Å². The summed E-state index contributed by atoms with van der Waals surface area (Å²) >= 11 is 1.42. The van der Waals surface area contributed by atoms with E-state index in [1.807, 2.05) is 56.3 Å². The van der Waals surface area contributed by atoms with Gasteiger partial charge in [0.2, 0.25) is 11.8 Å². The molecule has 198 valence electrons. The Labute approximate surface area is 227 Å². The highest BCUT2D eigenvalue weighted by molar-refractivity contribution is 8.01. The quantitative estimate of drug-likeness (QED) is 0.382. The van der Waals surface area contributed by atoms with E-state index in [0.29, 0.717) is 0 Å². The first-order valence-electron chi connectivity index (χ1n) is 12.6. The lowest BCUT2D eigenvalue weighted by atomic mass is 9.96. The molecule has 0 radical (unpaired) electrons. The minimum Gasteiger partial charge on any atom is -0.480 e. The van der Waals surface area contributed by atoms with E-state index < -0.39 is 22.8 Å². The number of amides is 2. The van der Waals surface area contributed by atoms with Crippen molar-refractivity contribution in [3.05, 3.63) is 108 Å². The van der Waals surface area contributed by atoms with Gasteiger partial charge in [-0.2, -0.15) is 0 Å². The zero-order chi connectivity index (χ0) is 27.1. The lowest BCUT2D eigenvalue weighted by Crippen LogP contribution is -2.70. The number of carbonyl (C=O) groups excluding carboxylic acids is 2. The Morgan fingerprint density at radius 3 is 1.79 bits per heavy atom. The van der Waals surface area contributed by atoms with E-state index in [1.165, 1.54) is 27.8 Å². The number of aliphatic carboxylic acids is 1. The average molecular weight is 532 g/mol. The van der Waals surface area contributed by atoms with Crippen molar-refractivity contribution in [2.75, 3.05) is 0 Å². The zero-order valence-corrected chi connectivity index (χ0v) is 22.4. The van der Waals surface area contributed by atoms with Crippen LogP contribution in [0.5, 0.6) is 0 Å². The van der Waals surface area contributed by atoms with Crippen LogP contribution in [0.1, 0.15) is 30.5 Å². The maximum atomic E-state index is 12.3. The second-order valence-electron chi connectivity index (χ2n) is 9.88. The van der Waals surface area contributed by atoms with E-state index in [2.05, 4.69) is 59.2 Å². The highest BCUT2D eigenvalue weighted by Crippen LogP contribution is 2.50. The lowest BCUT2D eigenvalue weighted by Gasteiger charge is -2.43. The summed E-state index contributed by atoms with van der Waals surface area (Å²) in [6.07, 6.45) is 0.202. The van der Waals surface area contributed by atoms with Crippen molar-refractivity contribution in [1.82, 2.24) is 15.5 Å². The molecule has 0 bridgehead atoms. The van der Waals surface area contributed by atoms with Gasteiger partial charge in [-0.25, -0.2) is 4.79 Å². The van der Waals surface area contributed by atoms with Gasteiger partial charge in [-0.05, 0) is 30.5 Å². The van der Waals surface area contributed by atoms with Crippen LogP contribution in [0.3, 0.4) is 0 Å². The summed E-state index contributed by atoms with van der Waals surface area (Å²) in [4.78, 5) is 37.2. The summed E-state index contributed by atoms with van der Waals surface area (Å²) in [5.41, 5.74) is 3.53. The minimum absolute atomic E-state index is 0.202. The van der Waals surface area contributed by atoms with Crippen LogP contribution in [-0.2, 0) is 33.9 Å². The Kier molecular flexibility index (Phi) is 8.86. The molecule has 2 heterocycles. The van der Waals surface area contributed by atoms with E-state index in [4.69, 9.17) is 0 Å². The number of rotatable bonds is 8. The maximum absolute atomic E-state index is 12.3. The number of benzene rings is 3. The maximum Gasteiger partial charge on any atom is 0.327 e. The Hall–Kier alpha value is -3.62. The molecule has 3 atom stereocenters. The number of hydrogen-bond acceptors (Lipinski definition) is 5. The fourth-order valence-corrected chi connectivity index (χ4v) is 6.32. The molecule has 0 unspecified atom stereocenters. The molecule has 8 heteroatoms. The number of thioether (sulfide) groups is 1. The summed E-state index contributed by atoms with van der Waals surface area (Å²) in [6, 6.07) is 28.7. The summed E-state index contributed by atoms with van der Waals surface area (Å²) < 4.78 is -0.578. The minimum atomic E-state index is -1.01. The fraction of sp³-hybridized carbons (Fsp3) is 0.300. The van der Waals surface area contributed by atoms with E-state index in [1.54, 1.807) is 0 Å². The van der Waals surface area contributed by atoms with Gasteiger partial charge in [0, 0.05) is 17.8 Å². The van der Waals surface area contributed by atoms with Gasteiger partial charge in [0.25, 0.3) is 0 Å². The average Bonchev–Trinajstić information content (AvgIpc) is 3.17. The van der Waals surface area contributed by atoms with Crippen LogP contribution in [-0.4, -0.2) is 50.0 Å². The molecule has 7 nitrogen and oxygen atoms in total. The van der Waals surface area contributed by atoms with Crippen molar-refractivity contribution < 1.29 is 19.5 Å². The summed E-state index contributed by atoms with van der Waals surface area (Å²) in [7, 11) is 0. The molecular formula is C30H33N3O4S. The molecule has 2 aliphatic rings. The third-order valence-corrected chi connectivity index (χ3v) is 8.11. The van der Waals surface area contributed by atoms with E-state index >= 15 is 0 Å². The van der Waals surface area contributed by atoms with E-state index in [0.717, 1.165) is 18.7 Å². The van der Waals surface area contributed by atoms with Crippen LogP contribution in [0.15, 0.2) is 91.0 Å². The van der Waals surface area contributed by atoms with Gasteiger partial charge in [0.1, 0.15) is 17.5 Å². The second kappa shape index (κ2) is 12.3. The zero-order valence-electron chi connectivity index (χ0n) is 21.5. The molecule has 0 aromatic heterocycles. The highest BCUT2D eigenvalue weighted by atomic mass is 32.2. The van der Waals surface area contributed by atoms with Crippen molar-refractivity contribution in [1.29, 1.82) is 0 Å². The molecule has 38 heavy (non-hydrogen) atoms. The number of carboxylic acid groups (broad SMARTS) is 1. The van der Waals surface area contributed by atoms with Crippen LogP contribution >= 0.6 is 11.8 Å². The predicted molar refractivity (Wildman–Crippen MR) is 149 cm³/mol. The topological polar surface area (TPSA) is 98.7 Å². The summed E-state index contributed by atoms with van der Waals surface area (Å²) in [6.45, 7) is 5.47. The molecule has 3 aromatic rings. The van der Waals surface area contributed by atoms with Crippen molar-refractivity contribution in [3.63, 3.8) is 0 Å². The number of carboxylic acids is 1. The van der Waals surface area contributed by atoms with Crippen molar-refractivity contribution in [2.45, 2.75) is 55.6 Å². The number of carbonyl (C=O) groups is 3. The second-order valence-corrected chi connectivity index (χ2v) is 11.7. The number of hydrogen-bond donors (Lipinski definition) is 3. The standard InChI is InChI=1S/C16H18N2O4S.C14H15N/c1-16(2)12(15(21)22)18-13(20)11(14(18)23-16)17-10(19)8-9-6-4-3-5-7-9;1-3-7-13(8-4-1)11-15-12-14-9-5-2-6-10-14/h3-7,11-12,14H,8H2,1-2H3,(H,17,19)(H,21,22);1-10,15H,11-12H2/t11-,12+,14-;/m1./s1. The van der Waals surface area contributed by atoms with Crippen LogP contribution < -0.4 is 10.6 Å². The van der Waals surface area contributed by atoms with Crippen LogP contribution in [0.2, 0.25) is 0 Å². The van der Waals surface area contributed by atoms with Gasteiger partial charge in [0.05, 0.1) is 6.42 Å². The van der Waals surface area contributed by atoms with Gasteiger partial charge in [0.15, 0.2) is 0 Å². The smallest absolute Gasteiger partial charge is 0.327 e. The van der Waals surface area contributed by atoms with E-state index in [9.17, 15) is 19.5 Å².